The third-order valence-corrected chi connectivity index (χ3v) is 3.47. The van der Waals surface area contributed by atoms with Crippen LogP contribution in [0.1, 0.15) is 32.4 Å². The van der Waals surface area contributed by atoms with E-state index in [1.54, 1.807) is 6.26 Å². The first-order valence-electron chi connectivity index (χ1n) is 7.23. The highest BCUT2D eigenvalue weighted by Gasteiger charge is 2.26. The van der Waals surface area contributed by atoms with Crippen molar-refractivity contribution in [2.24, 2.45) is 0 Å². The van der Waals surface area contributed by atoms with Crippen LogP contribution in [-0.4, -0.2) is 43.3 Å². The topological polar surface area (TPSA) is 37.6 Å². The number of furan rings is 1. The van der Waals surface area contributed by atoms with Crippen molar-refractivity contribution in [3.8, 4) is 0 Å². The minimum absolute atomic E-state index is 0.360. The normalized spacial score (nSPS) is 23.6. The zero-order valence-electron chi connectivity index (χ0n) is 12.3. The summed E-state index contributed by atoms with van der Waals surface area (Å²) in [4.78, 5) is 2.27. The maximum Gasteiger partial charge on any atom is 0.117 e. The number of ether oxygens (including phenoxy) is 1. The molecule has 0 radical (unpaired) electrons. The van der Waals surface area contributed by atoms with Gasteiger partial charge in [-0.15, -0.1) is 0 Å². The van der Waals surface area contributed by atoms with E-state index >= 15 is 0 Å². The van der Waals surface area contributed by atoms with Gasteiger partial charge >= 0.3 is 0 Å². The molecule has 0 aliphatic carbocycles. The lowest BCUT2D eigenvalue weighted by Gasteiger charge is -2.21. The van der Waals surface area contributed by atoms with Gasteiger partial charge in [-0.25, -0.2) is 0 Å². The first-order valence-corrected chi connectivity index (χ1v) is 7.23. The summed E-state index contributed by atoms with van der Waals surface area (Å²) in [6, 6.07) is 4.48. The van der Waals surface area contributed by atoms with Gasteiger partial charge in [0, 0.05) is 19.1 Å². The standard InChI is InChI=1S/C15H26N2O2/c1-12(2)16-9-13-6-7-15(19-13)11-17(3)10-14-5-4-8-18-14/h4-5,8,12-13,15-16H,6-7,9-11H2,1-3H3. The first kappa shape index (κ1) is 14.6. The summed E-state index contributed by atoms with van der Waals surface area (Å²) >= 11 is 0. The van der Waals surface area contributed by atoms with E-state index in [2.05, 4.69) is 31.1 Å². The third-order valence-electron chi connectivity index (χ3n) is 3.47. The molecular weight excluding hydrogens is 240 g/mol. The summed E-state index contributed by atoms with van der Waals surface area (Å²) < 4.78 is 11.4. The molecule has 1 aromatic heterocycles. The van der Waals surface area contributed by atoms with E-state index < -0.39 is 0 Å². The molecule has 19 heavy (non-hydrogen) atoms. The van der Waals surface area contributed by atoms with Gasteiger partial charge < -0.3 is 14.5 Å². The van der Waals surface area contributed by atoms with E-state index in [4.69, 9.17) is 9.15 Å². The molecule has 1 saturated heterocycles. The Morgan fingerprint density at radius 3 is 2.84 bits per heavy atom. The van der Waals surface area contributed by atoms with Crippen molar-refractivity contribution < 1.29 is 9.15 Å². The second-order valence-electron chi connectivity index (χ2n) is 5.80. The molecule has 0 spiro atoms. The van der Waals surface area contributed by atoms with Crippen LogP contribution < -0.4 is 5.32 Å². The number of likely N-dealkylation sites (N-methyl/N-ethyl adjacent to an activating group) is 1. The molecule has 1 aliphatic heterocycles. The maximum atomic E-state index is 6.07. The predicted octanol–water partition coefficient (Wildman–Crippen LogP) is 2.26. The van der Waals surface area contributed by atoms with Crippen LogP contribution in [0.25, 0.3) is 0 Å². The molecule has 2 atom stereocenters. The van der Waals surface area contributed by atoms with Crippen LogP contribution in [0, 0.1) is 0 Å². The van der Waals surface area contributed by atoms with E-state index in [1.165, 1.54) is 6.42 Å². The molecule has 0 bridgehead atoms. The molecule has 1 fully saturated rings. The average Bonchev–Trinajstić information content (AvgIpc) is 2.98. The summed E-state index contributed by atoms with van der Waals surface area (Å²) in [6.45, 7) is 7.13. The smallest absolute Gasteiger partial charge is 0.117 e. The lowest BCUT2D eigenvalue weighted by atomic mass is 10.2. The Bertz CT molecular complexity index is 351. The molecule has 2 heterocycles. The number of nitrogens with one attached hydrogen (secondary N) is 1. The molecular formula is C15H26N2O2. The van der Waals surface area contributed by atoms with E-state index in [0.29, 0.717) is 18.2 Å². The van der Waals surface area contributed by atoms with Crippen LogP contribution in [0.15, 0.2) is 22.8 Å². The van der Waals surface area contributed by atoms with Gasteiger partial charge in [-0.05, 0) is 32.0 Å². The van der Waals surface area contributed by atoms with Crippen molar-refractivity contribution in [2.45, 2.75) is 51.5 Å². The molecule has 4 heteroatoms. The molecule has 0 amide bonds. The molecule has 1 aliphatic rings. The first-order chi connectivity index (χ1) is 9.13. The number of rotatable bonds is 7. The van der Waals surface area contributed by atoms with Crippen molar-refractivity contribution in [3.63, 3.8) is 0 Å². The number of nitrogens with zero attached hydrogens (tertiary/aromatic N) is 1. The van der Waals surface area contributed by atoms with Crippen LogP contribution in [0.4, 0.5) is 0 Å². The van der Waals surface area contributed by atoms with E-state index in [1.807, 2.05) is 12.1 Å². The summed E-state index contributed by atoms with van der Waals surface area (Å²) in [5.74, 6) is 1.01. The average molecular weight is 266 g/mol. The van der Waals surface area contributed by atoms with Crippen molar-refractivity contribution in [1.29, 1.82) is 0 Å². The molecule has 2 rings (SSSR count). The van der Waals surface area contributed by atoms with Gasteiger partial charge in [0.2, 0.25) is 0 Å². The molecule has 1 N–H and O–H groups in total. The van der Waals surface area contributed by atoms with Gasteiger partial charge in [0.25, 0.3) is 0 Å². The van der Waals surface area contributed by atoms with Gasteiger partial charge in [-0.2, -0.15) is 0 Å². The fourth-order valence-electron chi connectivity index (χ4n) is 2.51. The van der Waals surface area contributed by atoms with Crippen LogP contribution in [0.2, 0.25) is 0 Å². The Balaban J connectivity index is 1.66. The Kier molecular flexibility index (Phi) is 5.43. The Labute approximate surface area is 116 Å². The van der Waals surface area contributed by atoms with E-state index in [9.17, 15) is 0 Å². The summed E-state index contributed by atoms with van der Waals surface area (Å²) in [6.07, 6.45) is 4.79. The maximum absolute atomic E-state index is 6.07. The zero-order chi connectivity index (χ0) is 13.7. The van der Waals surface area contributed by atoms with Gasteiger partial charge in [-0.3, -0.25) is 4.90 Å². The Morgan fingerprint density at radius 1 is 1.37 bits per heavy atom. The molecule has 0 aromatic carbocycles. The third kappa shape index (κ3) is 4.97. The van der Waals surface area contributed by atoms with Gasteiger partial charge in [0.05, 0.1) is 25.0 Å². The lowest BCUT2D eigenvalue weighted by molar-refractivity contribution is 0.0250. The predicted molar refractivity (Wildman–Crippen MR) is 76.1 cm³/mol. The van der Waals surface area contributed by atoms with Crippen LogP contribution in [0.3, 0.4) is 0 Å². The lowest BCUT2D eigenvalue weighted by Crippen LogP contribution is -2.34. The minimum atomic E-state index is 0.360. The SMILES string of the molecule is CC(C)NCC1CCC(CN(C)Cc2ccco2)O1. The zero-order valence-corrected chi connectivity index (χ0v) is 12.3. The highest BCUT2D eigenvalue weighted by Crippen LogP contribution is 2.20. The van der Waals surface area contributed by atoms with Crippen LogP contribution in [0.5, 0.6) is 0 Å². The molecule has 108 valence electrons. The second-order valence-corrected chi connectivity index (χ2v) is 5.80. The molecule has 2 unspecified atom stereocenters. The summed E-state index contributed by atoms with van der Waals surface area (Å²) in [5.41, 5.74) is 0. The van der Waals surface area contributed by atoms with Crippen molar-refractivity contribution in [2.75, 3.05) is 20.1 Å². The van der Waals surface area contributed by atoms with E-state index in [-0.39, 0.29) is 0 Å². The van der Waals surface area contributed by atoms with Crippen molar-refractivity contribution >= 4 is 0 Å². The Morgan fingerprint density at radius 2 is 2.16 bits per heavy atom. The molecule has 0 saturated carbocycles. The van der Waals surface area contributed by atoms with Crippen molar-refractivity contribution in [3.05, 3.63) is 24.2 Å². The van der Waals surface area contributed by atoms with Crippen LogP contribution in [-0.2, 0) is 11.3 Å². The van der Waals surface area contributed by atoms with Gasteiger partial charge in [0.15, 0.2) is 0 Å². The summed E-state index contributed by atoms with van der Waals surface area (Å²) in [7, 11) is 2.12. The second kappa shape index (κ2) is 7.08. The van der Waals surface area contributed by atoms with Crippen molar-refractivity contribution in [1.82, 2.24) is 10.2 Å². The molecule has 4 nitrogen and oxygen atoms in total. The Hall–Kier alpha value is -0.840. The summed E-state index contributed by atoms with van der Waals surface area (Å²) in [5, 5.41) is 3.44. The van der Waals surface area contributed by atoms with Gasteiger partial charge in [-0.1, -0.05) is 13.8 Å². The fourth-order valence-corrected chi connectivity index (χ4v) is 2.51. The van der Waals surface area contributed by atoms with Crippen LogP contribution >= 0.6 is 0 Å². The highest BCUT2D eigenvalue weighted by molar-refractivity contribution is 4.97. The van der Waals surface area contributed by atoms with E-state index in [0.717, 1.165) is 31.8 Å². The minimum Gasteiger partial charge on any atom is -0.468 e. The largest absolute Gasteiger partial charge is 0.468 e. The molecule has 1 aromatic rings. The van der Waals surface area contributed by atoms with Gasteiger partial charge in [0.1, 0.15) is 5.76 Å². The quantitative estimate of drug-likeness (QED) is 0.821. The fraction of sp³-hybridized carbons (Fsp3) is 0.733. The monoisotopic (exact) mass is 266 g/mol. The number of hydrogen-bond donors (Lipinski definition) is 1. The number of hydrogen-bond acceptors (Lipinski definition) is 4. The highest BCUT2D eigenvalue weighted by atomic mass is 16.5.